The highest BCUT2D eigenvalue weighted by atomic mass is 16.2. The summed E-state index contributed by atoms with van der Waals surface area (Å²) in [5.41, 5.74) is 7.32. The molecular weight excluding hydrogens is 274 g/mol. The van der Waals surface area contributed by atoms with Gasteiger partial charge in [-0.1, -0.05) is 30.3 Å². The first-order valence-corrected chi connectivity index (χ1v) is 8.53. The van der Waals surface area contributed by atoms with Crippen molar-refractivity contribution in [2.24, 2.45) is 11.7 Å². The van der Waals surface area contributed by atoms with Crippen LogP contribution in [0.1, 0.15) is 24.8 Å². The van der Waals surface area contributed by atoms with Gasteiger partial charge in [0.05, 0.1) is 0 Å². The molecule has 1 aliphatic heterocycles. The number of amides is 1. The molecule has 0 bridgehead atoms. The lowest BCUT2D eigenvalue weighted by molar-refractivity contribution is -0.137. The highest BCUT2D eigenvalue weighted by Crippen LogP contribution is 2.26. The molecule has 2 N–H and O–H groups in total. The molecular formula is C18H27N3O. The van der Waals surface area contributed by atoms with Crippen molar-refractivity contribution in [3.05, 3.63) is 35.9 Å². The quantitative estimate of drug-likeness (QED) is 0.917. The molecule has 0 spiro atoms. The third-order valence-corrected chi connectivity index (χ3v) is 5.07. The zero-order valence-corrected chi connectivity index (χ0v) is 13.3. The molecule has 4 heteroatoms. The molecule has 2 atom stereocenters. The minimum atomic E-state index is 0.186. The summed E-state index contributed by atoms with van der Waals surface area (Å²) in [5.74, 6) is 0.529. The van der Waals surface area contributed by atoms with Crippen molar-refractivity contribution in [3.63, 3.8) is 0 Å². The Hall–Kier alpha value is -1.39. The maximum absolute atomic E-state index is 12.5. The first-order chi connectivity index (χ1) is 10.7. The summed E-state index contributed by atoms with van der Waals surface area (Å²) in [7, 11) is 0. The first kappa shape index (κ1) is 15.5. The third-order valence-electron chi connectivity index (χ3n) is 5.07. The lowest BCUT2D eigenvalue weighted by Gasteiger charge is -2.36. The molecule has 22 heavy (non-hydrogen) atoms. The zero-order chi connectivity index (χ0) is 15.4. The summed E-state index contributed by atoms with van der Waals surface area (Å²) in [6, 6.07) is 10.9. The Morgan fingerprint density at radius 3 is 2.45 bits per heavy atom. The van der Waals surface area contributed by atoms with E-state index in [-0.39, 0.29) is 12.0 Å². The van der Waals surface area contributed by atoms with Gasteiger partial charge in [0, 0.05) is 44.7 Å². The lowest BCUT2D eigenvalue weighted by atomic mass is 10.1. The molecule has 1 heterocycles. The van der Waals surface area contributed by atoms with Gasteiger partial charge in [0.15, 0.2) is 0 Å². The van der Waals surface area contributed by atoms with E-state index < -0.39 is 0 Å². The van der Waals surface area contributed by atoms with Crippen LogP contribution in [0, 0.1) is 5.92 Å². The number of hydrogen-bond acceptors (Lipinski definition) is 3. The van der Waals surface area contributed by atoms with Crippen LogP contribution in [0.5, 0.6) is 0 Å². The van der Waals surface area contributed by atoms with Crippen LogP contribution in [-0.4, -0.2) is 54.5 Å². The summed E-state index contributed by atoms with van der Waals surface area (Å²) >= 11 is 0. The highest BCUT2D eigenvalue weighted by Gasteiger charge is 2.32. The number of benzene rings is 1. The van der Waals surface area contributed by atoms with Crippen LogP contribution in [0.4, 0.5) is 0 Å². The van der Waals surface area contributed by atoms with Crippen LogP contribution < -0.4 is 5.73 Å². The molecule has 1 aromatic rings. The fourth-order valence-electron chi connectivity index (χ4n) is 3.62. The number of carbonyl (C=O) groups excluding carboxylic acids is 1. The van der Waals surface area contributed by atoms with Crippen molar-refractivity contribution in [2.75, 3.05) is 32.7 Å². The fraction of sp³-hybridized carbons (Fsp3) is 0.611. The normalized spacial score (nSPS) is 26.3. The Balaban J connectivity index is 1.41. The molecule has 1 saturated carbocycles. The molecule has 2 aliphatic rings. The van der Waals surface area contributed by atoms with Crippen molar-refractivity contribution < 1.29 is 4.79 Å². The number of carbonyl (C=O) groups is 1. The average Bonchev–Trinajstić information content (AvgIpc) is 3.00. The monoisotopic (exact) mass is 301 g/mol. The van der Waals surface area contributed by atoms with Crippen molar-refractivity contribution in [2.45, 2.75) is 31.7 Å². The fourth-order valence-corrected chi connectivity index (χ4v) is 3.62. The second-order valence-electron chi connectivity index (χ2n) is 6.67. The Morgan fingerprint density at radius 1 is 1.09 bits per heavy atom. The van der Waals surface area contributed by atoms with Crippen LogP contribution >= 0.6 is 0 Å². The molecule has 1 saturated heterocycles. The van der Waals surface area contributed by atoms with Crippen LogP contribution in [0.3, 0.4) is 0 Å². The number of hydrogen-bond donors (Lipinski definition) is 1. The van der Waals surface area contributed by atoms with E-state index in [9.17, 15) is 4.79 Å². The van der Waals surface area contributed by atoms with Crippen molar-refractivity contribution in [1.29, 1.82) is 0 Å². The third kappa shape index (κ3) is 3.87. The zero-order valence-electron chi connectivity index (χ0n) is 13.3. The van der Waals surface area contributed by atoms with Gasteiger partial charge in [-0.2, -0.15) is 0 Å². The number of nitrogens with zero attached hydrogens (tertiary/aromatic N) is 2. The maximum atomic E-state index is 12.5. The molecule has 1 aliphatic carbocycles. The molecule has 2 fully saturated rings. The molecule has 2 unspecified atom stereocenters. The van der Waals surface area contributed by atoms with Gasteiger partial charge in [-0.05, 0) is 31.2 Å². The van der Waals surface area contributed by atoms with E-state index in [0.29, 0.717) is 5.91 Å². The molecule has 0 aromatic heterocycles. The Bertz CT molecular complexity index is 482. The van der Waals surface area contributed by atoms with E-state index in [0.717, 1.165) is 58.4 Å². The summed E-state index contributed by atoms with van der Waals surface area (Å²) in [6.45, 7) is 4.83. The average molecular weight is 301 g/mol. The van der Waals surface area contributed by atoms with Crippen molar-refractivity contribution in [1.82, 2.24) is 9.80 Å². The van der Waals surface area contributed by atoms with Crippen molar-refractivity contribution >= 4 is 5.91 Å². The number of piperazine rings is 1. The minimum absolute atomic E-state index is 0.186. The van der Waals surface area contributed by atoms with Crippen molar-refractivity contribution in [3.8, 4) is 0 Å². The predicted molar refractivity (Wildman–Crippen MR) is 88.5 cm³/mol. The van der Waals surface area contributed by atoms with E-state index in [4.69, 9.17) is 5.73 Å². The van der Waals surface area contributed by atoms with E-state index in [2.05, 4.69) is 40.1 Å². The summed E-state index contributed by atoms with van der Waals surface area (Å²) < 4.78 is 0. The minimum Gasteiger partial charge on any atom is -0.340 e. The molecule has 3 rings (SSSR count). The lowest BCUT2D eigenvalue weighted by Crippen LogP contribution is -2.50. The van der Waals surface area contributed by atoms with E-state index in [1.807, 2.05) is 0 Å². The Morgan fingerprint density at radius 2 is 1.82 bits per heavy atom. The predicted octanol–water partition coefficient (Wildman–Crippen LogP) is 1.50. The highest BCUT2D eigenvalue weighted by molar-refractivity contribution is 5.79. The first-order valence-electron chi connectivity index (χ1n) is 8.53. The van der Waals surface area contributed by atoms with E-state index in [1.165, 1.54) is 5.56 Å². The number of rotatable bonds is 4. The summed E-state index contributed by atoms with van der Waals surface area (Å²) in [4.78, 5) is 17.0. The smallest absolute Gasteiger partial charge is 0.225 e. The van der Waals surface area contributed by atoms with Crippen LogP contribution in [0.15, 0.2) is 30.3 Å². The topological polar surface area (TPSA) is 49.6 Å². The molecule has 1 amide bonds. The standard InChI is InChI=1S/C18H27N3O/c19-17-7-6-16(14-17)18(22)21-12-10-20(11-13-21)9-8-15-4-2-1-3-5-15/h1-5,16-17H,6-14,19H2. The van der Waals surface area contributed by atoms with Gasteiger partial charge in [-0.15, -0.1) is 0 Å². The molecule has 1 aromatic carbocycles. The van der Waals surface area contributed by atoms with E-state index in [1.54, 1.807) is 0 Å². The molecule has 4 nitrogen and oxygen atoms in total. The van der Waals surface area contributed by atoms with Crippen LogP contribution in [0.25, 0.3) is 0 Å². The second kappa shape index (κ2) is 7.25. The van der Waals surface area contributed by atoms with Gasteiger partial charge >= 0.3 is 0 Å². The molecule has 120 valence electrons. The summed E-state index contributed by atoms with van der Waals surface area (Å²) in [5, 5.41) is 0. The van der Waals surface area contributed by atoms with Gasteiger partial charge < -0.3 is 10.6 Å². The second-order valence-corrected chi connectivity index (χ2v) is 6.67. The van der Waals surface area contributed by atoms with Gasteiger partial charge in [-0.25, -0.2) is 0 Å². The van der Waals surface area contributed by atoms with Crippen LogP contribution in [0.2, 0.25) is 0 Å². The van der Waals surface area contributed by atoms with Gasteiger partial charge in [0.2, 0.25) is 5.91 Å². The van der Waals surface area contributed by atoms with Crippen LogP contribution in [-0.2, 0) is 11.2 Å². The largest absolute Gasteiger partial charge is 0.340 e. The van der Waals surface area contributed by atoms with Gasteiger partial charge in [0.1, 0.15) is 0 Å². The van der Waals surface area contributed by atoms with Gasteiger partial charge in [0.25, 0.3) is 0 Å². The SMILES string of the molecule is NC1CCC(C(=O)N2CCN(CCc3ccccc3)CC2)C1. The maximum Gasteiger partial charge on any atom is 0.225 e. The summed E-state index contributed by atoms with van der Waals surface area (Å²) in [6.07, 6.45) is 3.96. The van der Waals surface area contributed by atoms with E-state index >= 15 is 0 Å². The van der Waals surface area contributed by atoms with Gasteiger partial charge in [-0.3, -0.25) is 9.69 Å². The number of nitrogens with two attached hydrogens (primary N) is 1. The Kier molecular flexibility index (Phi) is 5.11. The molecule has 0 radical (unpaired) electrons. The Labute approximate surface area is 133 Å².